The first-order valence-electron chi connectivity index (χ1n) is 5.89. The summed E-state index contributed by atoms with van der Waals surface area (Å²) in [5, 5.41) is 3.51. The molecule has 14 heavy (non-hydrogen) atoms. The Balaban J connectivity index is 2.18. The van der Waals surface area contributed by atoms with Crippen molar-refractivity contribution in [3.05, 3.63) is 0 Å². The highest BCUT2D eigenvalue weighted by atomic mass is 16.1. The Bertz CT molecular complexity index is 238. The van der Waals surface area contributed by atoms with Crippen molar-refractivity contribution < 1.29 is 4.79 Å². The van der Waals surface area contributed by atoms with Gasteiger partial charge in [0.1, 0.15) is 5.78 Å². The molecule has 1 saturated carbocycles. The van der Waals surface area contributed by atoms with Gasteiger partial charge in [-0.1, -0.05) is 20.3 Å². The SMILES string of the molecule is CCC(C)C12CNCC(CC(=O)C1)C2. The molecular formula is C12H21NO. The van der Waals surface area contributed by atoms with Gasteiger partial charge in [0.25, 0.3) is 0 Å². The monoisotopic (exact) mass is 195 g/mol. The lowest BCUT2D eigenvalue weighted by Crippen LogP contribution is -2.52. The number of carbonyl (C=O) groups is 1. The third-order valence-corrected chi connectivity index (χ3v) is 4.33. The number of carbonyl (C=O) groups excluding carboxylic acids is 1. The van der Waals surface area contributed by atoms with Gasteiger partial charge in [0, 0.05) is 19.4 Å². The van der Waals surface area contributed by atoms with Gasteiger partial charge >= 0.3 is 0 Å². The minimum Gasteiger partial charge on any atom is -0.316 e. The predicted molar refractivity (Wildman–Crippen MR) is 57.1 cm³/mol. The summed E-state index contributed by atoms with van der Waals surface area (Å²) in [6, 6.07) is 0. The fourth-order valence-corrected chi connectivity index (χ4v) is 3.29. The Morgan fingerprint density at radius 1 is 1.64 bits per heavy atom. The number of Topliss-reactive ketones (excluding diaryl/α,β-unsaturated/α-hetero) is 1. The van der Waals surface area contributed by atoms with Gasteiger partial charge < -0.3 is 5.32 Å². The first kappa shape index (κ1) is 10.2. The van der Waals surface area contributed by atoms with Crippen LogP contribution >= 0.6 is 0 Å². The molecule has 1 saturated heterocycles. The number of hydrogen-bond donors (Lipinski definition) is 1. The van der Waals surface area contributed by atoms with Gasteiger partial charge in [-0.15, -0.1) is 0 Å². The molecule has 0 amide bonds. The lowest BCUT2D eigenvalue weighted by Gasteiger charge is -2.48. The van der Waals surface area contributed by atoms with Gasteiger partial charge in [0.05, 0.1) is 0 Å². The van der Waals surface area contributed by atoms with Gasteiger partial charge in [-0.05, 0) is 30.2 Å². The lowest BCUT2D eigenvalue weighted by molar-refractivity contribution is -0.128. The van der Waals surface area contributed by atoms with E-state index in [1.54, 1.807) is 0 Å². The van der Waals surface area contributed by atoms with Crippen molar-refractivity contribution in [3.63, 3.8) is 0 Å². The zero-order valence-corrected chi connectivity index (χ0v) is 9.31. The standard InChI is InChI=1S/C12H21NO/c1-3-9(2)12-5-10(7-13-8-12)4-11(14)6-12/h9-10,13H,3-8H2,1-2H3. The van der Waals surface area contributed by atoms with Crippen molar-refractivity contribution in [2.24, 2.45) is 17.3 Å². The zero-order chi connectivity index (χ0) is 10.2. The van der Waals surface area contributed by atoms with Gasteiger partial charge in [-0.2, -0.15) is 0 Å². The van der Waals surface area contributed by atoms with Crippen LogP contribution in [0.15, 0.2) is 0 Å². The summed E-state index contributed by atoms with van der Waals surface area (Å²) in [6.07, 6.45) is 4.12. The van der Waals surface area contributed by atoms with E-state index in [-0.39, 0.29) is 0 Å². The second kappa shape index (κ2) is 3.65. The Labute approximate surface area is 86.5 Å². The summed E-state index contributed by atoms with van der Waals surface area (Å²) in [5.41, 5.74) is 0.299. The summed E-state index contributed by atoms with van der Waals surface area (Å²) >= 11 is 0. The van der Waals surface area contributed by atoms with Crippen molar-refractivity contribution >= 4 is 5.78 Å². The maximum absolute atomic E-state index is 11.7. The fourth-order valence-electron chi connectivity index (χ4n) is 3.29. The molecule has 2 fully saturated rings. The van der Waals surface area contributed by atoms with E-state index in [0.717, 1.165) is 25.9 Å². The van der Waals surface area contributed by atoms with Crippen LogP contribution in [-0.2, 0) is 4.79 Å². The molecule has 80 valence electrons. The normalized spacial score (nSPS) is 39.6. The van der Waals surface area contributed by atoms with E-state index in [2.05, 4.69) is 19.2 Å². The van der Waals surface area contributed by atoms with E-state index in [0.29, 0.717) is 23.0 Å². The molecule has 0 aromatic rings. The maximum Gasteiger partial charge on any atom is 0.133 e. The summed E-state index contributed by atoms with van der Waals surface area (Å²) in [7, 11) is 0. The zero-order valence-electron chi connectivity index (χ0n) is 9.31. The van der Waals surface area contributed by atoms with Crippen LogP contribution in [0.5, 0.6) is 0 Å². The average Bonchev–Trinajstić information content (AvgIpc) is 2.15. The van der Waals surface area contributed by atoms with E-state index < -0.39 is 0 Å². The van der Waals surface area contributed by atoms with Crippen LogP contribution in [0.3, 0.4) is 0 Å². The van der Waals surface area contributed by atoms with Crippen molar-refractivity contribution in [2.45, 2.75) is 39.5 Å². The third kappa shape index (κ3) is 1.60. The van der Waals surface area contributed by atoms with Crippen molar-refractivity contribution in [2.75, 3.05) is 13.1 Å². The van der Waals surface area contributed by atoms with Crippen LogP contribution in [0.25, 0.3) is 0 Å². The number of hydrogen-bond acceptors (Lipinski definition) is 2. The van der Waals surface area contributed by atoms with Crippen LogP contribution in [-0.4, -0.2) is 18.9 Å². The largest absolute Gasteiger partial charge is 0.316 e. The number of ketones is 1. The predicted octanol–water partition coefficient (Wildman–Crippen LogP) is 1.99. The average molecular weight is 195 g/mol. The molecule has 3 atom stereocenters. The molecule has 0 aromatic heterocycles. The Kier molecular flexibility index (Phi) is 2.65. The van der Waals surface area contributed by atoms with Crippen molar-refractivity contribution in [1.29, 1.82) is 0 Å². The van der Waals surface area contributed by atoms with E-state index in [1.807, 2.05) is 0 Å². The van der Waals surface area contributed by atoms with Gasteiger partial charge in [-0.25, -0.2) is 0 Å². The molecule has 3 unspecified atom stereocenters. The third-order valence-electron chi connectivity index (χ3n) is 4.33. The molecule has 2 heteroatoms. The lowest BCUT2D eigenvalue weighted by atomic mass is 9.60. The van der Waals surface area contributed by atoms with Crippen LogP contribution in [0, 0.1) is 17.3 Å². The molecule has 0 aromatic carbocycles. The first-order chi connectivity index (χ1) is 6.66. The van der Waals surface area contributed by atoms with E-state index >= 15 is 0 Å². The minimum atomic E-state index is 0.299. The molecule has 0 radical (unpaired) electrons. The molecule has 2 aliphatic rings. The molecule has 1 N–H and O–H groups in total. The Morgan fingerprint density at radius 2 is 2.43 bits per heavy atom. The van der Waals surface area contributed by atoms with Crippen molar-refractivity contribution in [1.82, 2.24) is 5.32 Å². The van der Waals surface area contributed by atoms with Gasteiger partial charge in [0.15, 0.2) is 0 Å². The highest BCUT2D eigenvalue weighted by molar-refractivity contribution is 5.80. The van der Waals surface area contributed by atoms with E-state index in [9.17, 15) is 4.79 Å². The number of piperidine rings is 1. The van der Waals surface area contributed by atoms with E-state index in [4.69, 9.17) is 0 Å². The highest BCUT2D eigenvalue weighted by Crippen LogP contribution is 2.46. The minimum absolute atomic E-state index is 0.299. The molecule has 1 aliphatic carbocycles. The molecule has 2 rings (SSSR count). The van der Waals surface area contributed by atoms with Crippen molar-refractivity contribution in [3.8, 4) is 0 Å². The van der Waals surface area contributed by atoms with Crippen LogP contribution in [0.1, 0.15) is 39.5 Å². The van der Waals surface area contributed by atoms with Crippen LogP contribution in [0.2, 0.25) is 0 Å². The summed E-state index contributed by atoms with van der Waals surface area (Å²) in [5.74, 6) is 1.81. The molecule has 1 aliphatic heterocycles. The highest BCUT2D eigenvalue weighted by Gasteiger charge is 2.45. The Morgan fingerprint density at radius 3 is 3.14 bits per heavy atom. The van der Waals surface area contributed by atoms with E-state index in [1.165, 1.54) is 12.8 Å². The smallest absolute Gasteiger partial charge is 0.133 e. The summed E-state index contributed by atoms with van der Waals surface area (Å²) < 4.78 is 0. The topological polar surface area (TPSA) is 29.1 Å². The second-order valence-corrected chi connectivity index (χ2v) is 5.29. The molecule has 0 spiro atoms. The summed E-state index contributed by atoms with van der Waals surface area (Å²) in [6.45, 7) is 6.67. The fraction of sp³-hybridized carbons (Fsp3) is 0.917. The van der Waals surface area contributed by atoms with Crippen LogP contribution in [0.4, 0.5) is 0 Å². The number of rotatable bonds is 2. The second-order valence-electron chi connectivity index (χ2n) is 5.29. The van der Waals surface area contributed by atoms with Gasteiger partial charge in [-0.3, -0.25) is 4.79 Å². The summed E-state index contributed by atoms with van der Waals surface area (Å²) in [4.78, 5) is 11.7. The van der Waals surface area contributed by atoms with Crippen LogP contribution < -0.4 is 5.32 Å². The number of nitrogens with one attached hydrogen (secondary N) is 1. The quantitative estimate of drug-likeness (QED) is 0.730. The number of fused-ring (bicyclic) bond motifs is 2. The molecule has 1 heterocycles. The van der Waals surface area contributed by atoms with Gasteiger partial charge in [0.2, 0.25) is 0 Å². The molecule has 2 nitrogen and oxygen atoms in total. The molecular weight excluding hydrogens is 174 g/mol. The first-order valence-corrected chi connectivity index (χ1v) is 5.89. The Hall–Kier alpha value is -0.370. The maximum atomic E-state index is 11.7. The molecule has 2 bridgehead atoms.